The Morgan fingerprint density at radius 2 is 2.10 bits per heavy atom. The summed E-state index contributed by atoms with van der Waals surface area (Å²) in [5, 5.41) is 6.22. The molecule has 2 bridgehead atoms. The van der Waals surface area contributed by atoms with Crippen molar-refractivity contribution in [3.05, 3.63) is 59.9 Å². The number of amides is 2. The third-order valence-electron chi connectivity index (χ3n) is 6.99. The van der Waals surface area contributed by atoms with E-state index in [1.165, 1.54) is 0 Å². The fraction of sp³-hybridized carbons (Fsp3) is 0.435. The maximum Gasteiger partial charge on any atom is 0.258 e. The van der Waals surface area contributed by atoms with E-state index in [9.17, 15) is 9.59 Å². The lowest BCUT2D eigenvalue weighted by molar-refractivity contribution is -0.167. The molecule has 2 aromatic rings. The van der Waals surface area contributed by atoms with Gasteiger partial charge in [-0.2, -0.15) is 0 Å². The smallest absolute Gasteiger partial charge is 0.258 e. The van der Waals surface area contributed by atoms with Crippen LogP contribution in [0.1, 0.15) is 48.7 Å². The number of carbonyl (C=O) groups excluding carboxylic acids is 2. The molecule has 1 spiro atoms. The quantitative estimate of drug-likeness (QED) is 0.843. The van der Waals surface area contributed by atoms with Crippen LogP contribution in [0.2, 0.25) is 0 Å². The number of nitrogens with zero attached hydrogens (tertiary/aromatic N) is 1. The number of hydrogen-bond acceptors (Lipinski definition) is 4. The fourth-order valence-electron chi connectivity index (χ4n) is 5.46. The number of aromatic nitrogens is 1. The van der Waals surface area contributed by atoms with Crippen LogP contribution < -0.4 is 15.4 Å². The minimum absolute atomic E-state index is 0.0697. The molecule has 2 heterocycles. The van der Waals surface area contributed by atoms with E-state index < -0.39 is 5.72 Å². The van der Waals surface area contributed by atoms with Gasteiger partial charge in [0, 0.05) is 24.5 Å². The highest BCUT2D eigenvalue weighted by atomic mass is 16.5. The summed E-state index contributed by atoms with van der Waals surface area (Å²) in [4.78, 5) is 30.0. The molecule has 6 nitrogen and oxygen atoms in total. The summed E-state index contributed by atoms with van der Waals surface area (Å²) >= 11 is 0. The first kappa shape index (κ1) is 18.2. The van der Waals surface area contributed by atoms with Crippen LogP contribution >= 0.6 is 0 Å². The molecule has 3 aliphatic carbocycles. The van der Waals surface area contributed by atoms with Crippen molar-refractivity contribution < 1.29 is 14.3 Å². The number of para-hydroxylation sites is 1. The lowest BCUT2D eigenvalue weighted by Gasteiger charge is -2.59. The molecule has 2 N–H and O–H groups in total. The minimum Gasteiger partial charge on any atom is -0.467 e. The molecule has 2 amide bonds. The molecular weight excluding hydrogens is 366 g/mol. The number of pyridine rings is 1. The number of nitrogens with one attached hydrogen (secondary N) is 2. The van der Waals surface area contributed by atoms with Crippen molar-refractivity contribution in [3.63, 3.8) is 0 Å². The molecular formula is C23H25N3O3. The molecule has 0 saturated heterocycles. The Labute approximate surface area is 170 Å². The van der Waals surface area contributed by atoms with Crippen molar-refractivity contribution in [1.29, 1.82) is 0 Å². The standard InChI is InChI=1S/C23H25N3O3/c1-22-10-9-15(12-18(22)21(28)25-13-16-6-4-5-11-24-16)23(14-22)26-20(27)17-7-2-3-8-19(17)29-23/h2-8,11,15,18H,9-10,12-14H2,1H3,(H,25,28)(H,26,27)/t15-,18-,22+,23+/m1/s1. The predicted molar refractivity (Wildman–Crippen MR) is 107 cm³/mol. The highest BCUT2D eigenvalue weighted by Crippen LogP contribution is 2.58. The summed E-state index contributed by atoms with van der Waals surface area (Å²) in [6, 6.07) is 13.1. The number of rotatable bonds is 3. The molecule has 4 aliphatic rings. The molecule has 0 unspecified atom stereocenters. The molecule has 1 aromatic heterocycles. The molecule has 4 atom stereocenters. The van der Waals surface area contributed by atoms with Crippen LogP contribution in [0.4, 0.5) is 0 Å². The Balaban J connectivity index is 1.35. The second kappa shape index (κ2) is 6.58. The first-order chi connectivity index (χ1) is 14.0. The van der Waals surface area contributed by atoms with Gasteiger partial charge in [-0.05, 0) is 48.9 Å². The van der Waals surface area contributed by atoms with Crippen LogP contribution in [0.15, 0.2) is 48.7 Å². The summed E-state index contributed by atoms with van der Waals surface area (Å²) in [5.41, 5.74) is 0.496. The number of benzene rings is 1. The van der Waals surface area contributed by atoms with Gasteiger partial charge in [0.25, 0.3) is 5.91 Å². The first-order valence-corrected chi connectivity index (χ1v) is 10.3. The Kier molecular flexibility index (Phi) is 4.12. The average molecular weight is 391 g/mol. The number of carbonyl (C=O) groups is 2. The maximum atomic E-state index is 13.0. The molecule has 1 aromatic carbocycles. The van der Waals surface area contributed by atoms with E-state index >= 15 is 0 Å². The van der Waals surface area contributed by atoms with Crippen molar-refractivity contribution in [2.45, 2.75) is 44.9 Å². The van der Waals surface area contributed by atoms with Gasteiger partial charge in [0.2, 0.25) is 5.91 Å². The van der Waals surface area contributed by atoms with Gasteiger partial charge in [-0.25, -0.2) is 0 Å². The van der Waals surface area contributed by atoms with Gasteiger partial charge < -0.3 is 15.4 Å². The van der Waals surface area contributed by atoms with Gasteiger partial charge in [0.05, 0.1) is 17.8 Å². The second-order valence-electron chi connectivity index (χ2n) is 8.84. The highest BCUT2D eigenvalue weighted by Gasteiger charge is 2.61. The summed E-state index contributed by atoms with van der Waals surface area (Å²) in [5.74, 6) is 0.656. The summed E-state index contributed by atoms with van der Waals surface area (Å²) in [6.45, 7) is 2.59. The molecule has 6 heteroatoms. The largest absolute Gasteiger partial charge is 0.467 e. The predicted octanol–water partition coefficient (Wildman–Crippen LogP) is 3.04. The second-order valence-corrected chi connectivity index (χ2v) is 8.84. The van der Waals surface area contributed by atoms with E-state index in [1.807, 2.05) is 36.4 Å². The van der Waals surface area contributed by atoms with Crippen LogP contribution in [-0.4, -0.2) is 22.5 Å². The summed E-state index contributed by atoms with van der Waals surface area (Å²) in [6.07, 6.45) is 5.00. The first-order valence-electron chi connectivity index (χ1n) is 10.3. The van der Waals surface area contributed by atoms with Crippen LogP contribution in [0.25, 0.3) is 0 Å². The minimum atomic E-state index is -0.712. The van der Waals surface area contributed by atoms with E-state index in [4.69, 9.17) is 4.74 Å². The Bertz CT molecular complexity index is 963. The normalized spacial score (nSPS) is 32.2. The van der Waals surface area contributed by atoms with Crippen LogP contribution in [0.5, 0.6) is 5.75 Å². The Morgan fingerprint density at radius 1 is 1.28 bits per heavy atom. The van der Waals surface area contributed by atoms with Crippen molar-refractivity contribution >= 4 is 11.8 Å². The van der Waals surface area contributed by atoms with Gasteiger partial charge in [-0.1, -0.05) is 25.1 Å². The van der Waals surface area contributed by atoms with E-state index in [-0.39, 0.29) is 29.1 Å². The monoisotopic (exact) mass is 391 g/mol. The van der Waals surface area contributed by atoms with Crippen molar-refractivity contribution in [2.24, 2.45) is 17.3 Å². The molecule has 0 radical (unpaired) electrons. The molecule has 6 rings (SSSR count). The van der Waals surface area contributed by atoms with Gasteiger partial charge in [-0.3, -0.25) is 14.6 Å². The third kappa shape index (κ3) is 2.98. The highest BCUT2D eigenvalue weighted by molar-refractivity contribution is 5.98. The Hall–Kier alpha value is -2.89. The zero-order valence-electron chi connectivity index (χ0n) is 16.5. The zero-order chi connectivity index (χ0) is 20.1. The number of fused-ring (bicyclic) bond motifs is 3. The summed E-state index contributed by atoms with van der Waals surface area (Å²) < 4.78 is 6.41. The van der Waals surface area contributed by atoms with Gasteiger partial charge in [0.15, 0.2) is 5.72 Å². The molecule has 3 saturated carbocycles. The van der Waals surface area contributed by atoms with E-state index in [0.29, 0.717) is 30.7 Å². The van der Waals surface area contributed by atoms with E-state index in [1.54, 1.807) is 12.3 Å². The van der Waals surface area contributed by atoms with Gasteiger partial charge >= 0.3 is 0 Å². The van der Waals surface area contributed by atoms with Gasteiger partial charge in [0.1, 0.15) is 5.75 Å². The molecule has 3 fully saturated rings. The van der Waals surface area contributed by atoms with E-state index in [2.05, 4.69) is 22.5 Å². The molecule has 1 aliphatic heterocycles. The molecule has 150 valence electrons. The van der Waals surface area contributed by atoms with Crippen LogP contribution in [0.3, 0.4) is 0 Å². The van der Waals surface area contributed by atoms with Crippen LogP contribution in [-0.2, 0) is 11.3 Å². The van der Waals surface area contributed by atoms with Gasteiger partial charge in [-0.15, -0.1) is 0 Å². The number of ether oxygens (including phenoxy) is 1. The zero-order valence-corrected chi connectivity index (χ0v) is 16.5. The van der Waals surface area contributed by atoms with E-state index in [0.717, 1.165) is 18.5 Å². The lowest BCUT2D eigenvalue weighted by atomic mass is 9.52. The van der Waals surface area contributed by atoms with Crippen molar-refractivity contribution in [3.8, 4) is 5.75 Å². The van der Waals surface area contributed by atoms with Crippen molar-refractivity contribution in [1.82, 2.24) is 15.6 Å². The summed E-state index contributed by atoms with van der Waals surface area (Å²) in [7, 11) is 0. The van der Waals surface area contributed by atoms with Crippen molar-refractivity contribution in [2.75, 3.05) is 0 Å². The van der Waals surface area contributed by atoms with Crippen LogP contribution in [0, 0.1) is 17.3 Å². The SMILES string of the molecule is C[C@@]12CC[C@H](C[C@@H]1C(=O)NCc1ccccn1)[C@@]1(C2)NC(=O)c2ccccc2O1. The fourth-order valence-corrected chi connectivity index (χ4v) is 5.46. The topological polar surface area (TPSA) is 80.3 Å². The Morgan fingerprint density at radius 3 is 2.90 bits per heavy atom. The average Bonchev–Trinajstić information content (AvgIpc) is 2.72. The lowest BCUT2D eigenvalue weighted by Crippen LogP contribution is -2.69. The number of hydrogen-bond donors (Lipinski definition) is 2. The third-order valence-corrected chi connectivity index (χ3v) is 6.99. The maximum absolute atomic E-state index is 13.0. The molecule has 29 heavy (non-hydrogen) atoms.